The van der Waals surface area contributed by atoms with Crippen LogP contribution in [0.2, 0.25) is 0 Å². The molecule has 0 saturated heterocycles. The Morgan fingerprint density at radius 2 is 1.56 bits per heavy atom. The van der Waals surface area contributed by atoms with Crippen molar-refractivity contribution in [2.75, 3.05) is 5.32 Å². The Morgan fingerprint density at radius 3 is 2.26 bits per heavy atom. The molecule has 0 saturated carbocycles. The molecule has 0 aliphatic rings. The Bertz CT molecular complexity index is 1120. The number of carbonyl (C=O) groups is 1. The van der Waals surface area contributed by atoms with Crippen molar-refractivity contribution in [1.29, 1.82) is 0 Å². The number of hydrogen-bond donors (Lipinski definition) is 2. The SMILES string of the molecule is O=C(Nc1cccc(S(=O)(=O)c2ccccc2)c1)c1cc(Br)cc(Br)c1O. The van der Waals surface area contributed by atoms with E-state index >= 15 is 0 Å². The van der Waals surface area contributed by atoms with Gasteiger partial charge in [0.2, 0.25) is 9.84 Å². The minimum Gasteiger partial charge on any atom is -0.506 e. The average Bonchev–Trinajstić information content (AvgIpc) is 2.65. The number of phenols is 1. The van der Waals surface area contributed by atoms with Crippen molar-refractivity contribution in [2.45, 2.75) is 9.79 Å². The molecule has 0 bridgehead atoms. The highest BCUT2D eigenvalue weighted by Gasteiger charge is 2.19. The summed E-state index contributed by atoms with van der Waals surface area (Å²) in [5.41, 5.74) is 0.347. The third-order valence-electron chi connectivity index (χ3n) is 3.73. The first-order valence-electron chi connectivity index (χ1n) is 7.68. The lowest BCUT2D eigenvalue weighted by Crippen LogP contribution is -2.13. The van der Waals surface area contributed by atoms with E-state index in [1.807, 2.05) is 0 Å². The maximum absolute atomic E-state index is 12.7. The number of rotatable bonds is 4. The Hall–Kier alpha value is -2.16. The van der Waals surface area contributed by atoms with Crippen molar-refractivity contribution in [3.63, 3.8) is 0 Å². The predicted molar refractivity (Wildman–Crippen MR) is 110 cm³/mol. The lowest BCUT2D eigenvalue weighted by molar-refractivity contribution is 0.102. The molecule has 2 N–H and O–H groups in total. The van der Waals surface area contributed by atoms with Gasteiger partial charge in [-0.1, -0.05) is 40.2 Å². The fourth-order valence-electron chi connectivity index (χ4n) is 2.41. The summed E-state index contributed by atoms with van der Waals surface area (Å²) in [6.45, 7) is 0. The first-order valence-corrected chi connectivity index (χ1v) is 10.8. The molecule has 0 spiro atoms. The van der Waals surface area contributed by atoms with Crippen molar-refractivity contribution < 1.29 is 18.3 Å². The molecule has 0 fully saturated rings. The van der Waals surface area contributed by atoms with Crippen LogP contribution in [0.1, 0.15) is 10.4 Å². The normalized spacial score (nSPS) is 11.2. The summed E-state index contributed by atoms with van der Waals surface area (Å²) in [7, 11) is -3.70. The highest BCUT2D eigenvalue weighted by Crippen LogP contribution is 2.32. The molecule has 0 aliphatic carbocycles. The zero-order valence-corrected chi connectivity index (χ0v) is 17.7. The van der Waals surface area contributed by atoms with E-state index in [1.54, 1.807) is 36.4 Å². The first-order chi connectivity index (χ1) is 12.8. The maximum atomic E-state index is 12.7. The Morgan fingerprint density at radius 1 is 0.889 bits per heavy atom. The van der Waals surface area contributed by atoms with Gasteiger partial charge in [0.15, 0.2) is 0 Å². The van der Waals surface area contributed by atoms with Gasteiger partial charge in [-0.25, -0.2) is 8.42 Å². The number of amides is 1. The standard InChI is InChI=1S/C19H13Br2NO4S/c20-12-9-16(18(23)17(21)10-12)19(24)22-13-5-4-8-15(11-13)27(25,26)14-6-2-1-3-7-14/h1-11,23H,(H,22,24). The lowest BCUT2D eigenvalue weighted by atomic mass is 10.2. The van der Waals surface area contributed by atoms with Crippen LogP contribution in [-0.2, 0) is 9.84 Å². The fraction of sp³-hybridized carbons (Fsp3) is 0. The third kappa shape index (κ3) is 4.23. The van der Waals surface area contributed by atoms with Crippen LogP contribution in [0.15, 0.2) is 85.5 Å². The van der Waals surface area contributed by atoms with Crippen LogP contribution >= 0.6 is 31.9 Å². The van der Waals surface area contributed by atoms with Crippen LogP contribution in [0.25, 0.3) is 0 Å². The monoisotopic (exact) mass is 509 g/mol. The molecule has 0 aliphatic heterocycles. The van der Waals surface area contributed by atoms with Gasteiger partial charge in [0.25, 0.3) is 5.91 Å². The molecule has 1 amide bonds. The topological polar surface area (TPSA) is 83.5 Å². The van der Waals surface area contributed by atoms with Gasteiger partial charge in [-0.05, 0) is 58.4 Å². The molecule has 3 aromatic carbocycles. The number of hydrogen-bond acceptors (Lipinski definition) is 4. The molecule has 27 heavy (non-hydrogen) atoms. The van der Waals surface area contributed by atoms with Crippen LogP contribution in [0.4, 0.5) is 5.69 Å². The Balaban J connectivity index is 1.92. The van der Waals surface area contributed by atoms with E-state index in [2.05, 4.69) is 37.2 Å². The van der Waals surface area contributed by atoms with E-state index < -0.39 is 15.7 Å². The molecule has 138 valence electrons. The van der Waals surface area contributed by atoms with E-state index in [1.165, 1.54) is 30.3 Å². The van der Waals surface area contributed by atoms with E-state index in [-0.39, 0.29) is 21.1 Å². The van der Waals surface area contributed by atoms with Crippen molar-refractivity contribution in [2.24, 2.45) is 0 Å². The predicted octanol–water partition coefficient (Wildman–Crippen LogP) is 5.00. The van der Waals surface area contributed by atoms with Crippen LogP contribution in [-0.4, -0.2) is 19.4 Å². The number of nitrogens with one attached hydrogen (secondary N) is 1. The number of benzene rings is 3. The van der Waals surface area contributed by atoms with Gasteiger partial charge in [0, 0.05) is 10.2 Å². The maximum Gasteiger partial charge on any atom is 0.259 e. The summed E-state index contributed by atoms with van der Waals surface area (Å²) in [4.78, 5) is 12.7. The molecule has 8 heteroatoms. The smallest absolute Gasteiger partial charge is 0.259 e. The Labute approximate surface area is 173 Å². The number of halogens is 2. The zero-order chi connectivity index (χ0) is 19.6. The zero-order valence-electron chi connectivity index (χ0n) is 13.7. The van der Waals surface area contributed by atoms with Gasteiger partial charge >= 0.3 is 0 Å². The van der Waals surface area contributed by atoms with Gasteiger partial charge in [-0.2, -0.15) is 0 Å². The average molecular weight is 511 g/mol. The minimum atomic E-state index is -3.70. The summed E-state index contributed by atoms with van der Waals surface area (Å²) in [5.74, 6) is -0.771. The summed E-state index contributed by atoms with van der Waals surface area (Å²) in [6, 6.07) is 17.1. The molecular weight excluding hydrogens is 498 g/mol. The highest BCUT2D eigenvalue weighted by atomic mass is 79.9. The second kappa shape index (κ2) is 7.84. The van der Waals surface area contributed by atoms with Gasteiger partial charge in [0.1, 0.15) is 5.75 Å². The van der Waals surface area contributed by atoms with Crippen LogP contribution in [0.3, 0.4) is 0 Å². The largest absolute Gasteiger partial charge is 0.506 e. The van der Waals surface area contributed by atoms with Crippen LogP contribution in [0.5, 0.6) is 5.75 Å². The van der Waals surface area contributed by atoms with Crippen LogP contribution in [0, 0.1) is 0 Å². The van der Waals surface area contributed by atoms with Crippen LogP contribution < -0.4 is 5.32 Å². The second-order valence-electron chi connectivity index (χ2n) is 5.58. The molecule has 0 atom stereocenters. The third-order valence-corrected chi connectivity index (χ3v) is 6.56. The number of aromatic hydroxyl groups is 1. The molecule has 3 rings (SSSR count). The Kier molecular flexibility index (Phi) is 5.69. The highest BCUT2D eigenvalue weighted by molar-refractivity contribution is 9.11. The molecule has 0 unspecified atom stereocenters. The number of sulfone groups is 1. The molecule has 3 aromatic rings. The van der Waals surface area contributed by atoms with Gasteiger partial charge in [0.05, 0.1) is 19.8 Å². The van der Waals surface area contributed by atoms with Crippen molar-refractivity contribution in [3.05, 3.63) is 81.2 Å². The number of carbonyl (C=O) groups excluding carboxylic acids is 1. The second-order valence-corrected chi connectivity index (χ2v) is 9.30. The number of anilines is 1. The summed E-state index contributed by atoms with van der Waals surface area (Å²) in [6.07, 6.45) is 0. The quantitative estimate of drug-likeness (QED) is 0.517. The molecule has 0 radical (unpaired) electrons. The molecular formula is C19H13Br2NO4S. The fourth-order valence-corrected chi connectivity index (χ4v) is 4.97. The molecule has 0 aromatic heterocycles. The number of phenolic OH excluding ortho intramolecular Hbond substituents is 1. The van der Waals surface area contributed by atoms with Gasteiger partial charge in [-0.15, -0.1) is 0 Å². The molecule has 0 heterocycles. The van der Waals surface area contributed by atoms with Crippen molar-refractivity contribution in [1.82, 2.24) is 0 Å². The summed E-state index contributed by atoms with van der Waals surface area (Å²) < 4.78 is 26.4. The van der Waals surface area contributed by atoms with E-state index in [0.717, 1.165) is 0 Å². The first kappa shape index (κ1) is 19.6. The van der Waals surface area contributed by atoms with Gasteiger partial charge in [-0.3, -0.25) is 4.79 Å². The van der Waals surface area contributed by atoms with Gasteiger partial charge < -0.3 is 10.4 Å². The van der Waals surface area contributed by atoms with Crippen molar-refractivity contribution in [3.8, 4) is 5.75 Å². The van der Waals surface area contributed by atoms with E-state index in [4.69, 9.17) is 0 Å². The summed E-state index contributed by atoms with van der Waals surface area (Å²) in [5, 5.41) is 12.7. The van der Waals surface area contributed by atoms with E-state index in [9.17, 15) is 18.3 Å². The molecule has 5 nitrogen and oxygen atoms in total. The van der Waals surface area contributed by atoms with Crippen molar-refractivity contribution >= 4 is 53.3 Å². The van der Waals surface area contributed by atoms with E-state index in [0.29, 0.717) is 14.6 Å². The lowest BCUT2D eigenvalue weighted by Gasteiger charge is -2.10. The minimum absolute atomic E-state index is 0.0487. The summed E-state index contributed by atoms with van der Waals surface area (Å²) >= 11 is 6.44.